The fourth-order valence-electron chi connectivity index (χ4n) is 1.45. The quantitative estimate of drug-likeness (QED) is 0.761. The van der Waals surface area contributed by atoms with Gasteiger partial charge in [0, 0.05) is 32.6 Å². The second kappa shape index (κ2) is 5.47. The molecule has 0 N–H and O–H groups in total. The van der Waals surface area contributed by atoms with Gasteiger partial charge in [0.25, 0.3) is 0 Å². The van der Waals surface area contributed by atoms with E-state index in [1.54, 1.807) is 30.3 Å². The Balaban J connectivity index is 2.27. The molecule has 19 heavy (non-hydrogen) atoms. The summed E-state index contributed by atoms with van der Waals surface area (Å²) >= 11 is 0. The molecule has 2 heterocycles. The van der Waals surface area contributed by atoms with Crippen molar-refractivity contribution in [2.45, 2.75) is 6.92 Å². The standard InChI is InChI=1S/C12H15N5O2/c1-4-19-11(18)9-7-14-17(8-9)10-5-6-13-12(15-10)16(2)3/h5-8H,4H2,1-3H3. The van der Waals surface area contributed by atoms with E-state index in [1.165, 1.54) is 10.9 Å². The van der Waals surface area contributed by atoms with Crippen LogP contribution in [0.2, 0.25) is 0 Å². The van der Waals surface area contributed by atoms with E-state index in [0.717, 1.165) is 0 Å². The van der Waals surface area contributed by atoms with E-state index in [4.69, 9.17) is 4.74 Å². The predicted octanol–water partition coefficient (Wildman–Crippen LogP) is 0.905. The van der Waals surface area contributed by atoms with Crippen LogP contribution in [-0.2, 0) is 4.74 Å². The van der Waals surface area contributed by atoms with Gasteiger partial charge in [0.05, 0.1) is 18.4 Å². The number of hydrogen-bond acceptors (Lipinski definition) is 6. The number of carbonyl (C=O) groups is 1. The lowest BCUT2D eigenvalue weighted by Gasteiger charge is -2.10. The topological polar surface area (TPSA) is 73.1 Å². The normalized spacial score (nSPS) is 10.3. The van der Waals surface area contributed by atoms with Gasteiger partial charge in [0.2, 0.25) is 5.95 Å². The van der Waals surface area contributed by atoms with Gasteiger partial charge < -0.3 is 9.64 Å². The van der Waals surface area contributed by atoms with E-state index in [-0.39, 0.29) is 0 Å². The van der Waals surface area contributed by atoms with Gasteiger partial charge in [-0.05, 0) is 6.92 Å². The van der Waals surface area contributed by atoms with Crippen molar-refractivity contribution < 1.29 is 9.53 Å². The molecule has 7 heteroatoms. The molecule has 0 aliphatic heterocycles. The van der Waals surface area contributed by atoms with Crippen molar-refractivity contribution in [2.75, 3.05) is 25.6 Å². The van der Waals surface area contributed by atoms with Gasteiger partial charge in [-0.3, -0.25) is 0 Å². The zero-order chi connectivity index (χ0) is 13.8. The largest absolute Gasteiger partial charge is 0.462 e. The molecule has 0 radical (unpaired) electrons. The highest BCUT2D eigenvalue weighted by Crippen LogP contribution is 2.09. The first-order valence-electron chi connectivity index (χ1n) is 5.84. The van der Waals surface area contributed by atoms with E-state index < -0.39 is 5.97 Å². The Kier molecular flexibility index (Phi) is 3.74. The first kappa shape index (κ1) is 13.0. The van der Waals surface area contributed by atoms with Crippen molar-refractivity contribution in [2.24, 2.45) is 0 Å². The van der Waals surface area contributed by atoms with Crippen molar-refractivity contribution in [3.8, 4) is 5.82 Å². The summed E-state index contributed by atoms with van der Waals surface area (Å²) in [6, 6.07) is 1.72. The molecule has 7 nitrogen and oxygen atoms in total. The average Bonchev–Trinajstić information content (AvgIpc) is 2.89. The first-order chi connectivity index (χ1) is 9.11. The maximum absolute atomic E-state index is 11.5. The monoisotopic (exact) mass is 261 g/mol. The van der Waals surface area contributed by atoms with E-state index in [2.05, 4.69) is 15.1 Å². The van der Waals surface area contributed by atoms with Gasteiger partial charge in [-0.1, -0.05) is 0 Å². The Morgan fingerprint density at radius 1 is 1.47 bits per heavy atom. The first-order valence-corrected chi connectivity index (χ1v) is 5.84. The molecule has 0 atom stereocenters. The number of rotatable bonds is 4. The third kappa shape index (κ3) is 2.87. The summed E-state index contributed by atoms with van der Waals surface area (Å²) in [7, 11) is 3.71. The fourth-order valence-corrected chi connectivity index (χ4v) is 1.45. The number of ether oxygens (including phenoxy) is 1. The number of nitrogens with zero attached hydrogens (tertiary/aromatic N) is 5. The minimum Gasteiger partial charge on any atom is -0.462 e. The summed E-state index contributed by atoms with van der Waals surface area (Å²) in [5.41, 5.74) is 0.395. The molecule has 0 unspecified atom stereocenters. The van der Waals surface area contributed by atoms with Crippen LogP contribution in [-0.4, -0.2) is 46.4 Å². The molecule has 2 rings (SSSR count). The molecule has 2 aromatic heterocycles. The van der Waals surface area contributed by atoms with E-state index in [9.17, 15) is 4.79 Å². The molecule has 100 valence electrons. The lowest BCUT2D eigenvalue weighted by atomic mass is 10.4. The van der Waals surface area contributed by atoms with Crippen molar-refractivity contribution in [1.82, 2.24) is 19.7 Å². The van der Waals surface area contributed by atoms with Crippen LogP contribution in [0.3, 0.4) is 0 Å². The van der Waals surface area contributed by atoms with Gasteiger partial charge in [-0.25, -0.2) is 14.5 Å². The molecule has 0 amide bonds. The van der Waals surface area contributed by atoms with Crippen LogP contribution in [0.1, 0.15) is 17.3 Å². The summed E-state index contributed by atoms with van der Waals surface area (Å²) in [5, 5.41) is 4.10. The summed E-state index contributed by atoms with van der Waals surface area (Å²) in [6.07, 6.45) is 4.68. The molecule has 0 saturated carbocycles. The Morgan fingerprint density at radius 3 is 2.95 bits per heavy atom. The summed E-state index contributed by atoms with van der Waals surface area (Å²) in [4.78, 5) is 21.8. The highest BCUT2D eigenvalue weighted by atomic mass is 16.5. The predicted molar refractivity (Wildman–Crippen MR) is 69.4 cm³/mol. The number of carbonyl (C=O) groups excluding carboxylic acids is 1. The van der Waals surface area contributed by atoms with E-state index in [1.807, 2.05) is 14.1 Å². The maximum atomic E-state index is 11.5. The SMILES string of the molecule is CCOC(=O)c1cnn(-c2ccnc(N(C)C)n2)c1. The lowest BCUT2D eigenvalue weighted by Crippen LogP contribution is -2.13. The Labute approximate surface area is 110 Å². The molecular formula is C12H15N5O2. The number of anilines is 1. The van der Waals surface area contributed by atoms with Crippen molar-refractivity contribution in [1.29, 1.82) is 0 Å². The van der Waals surface area contributed by atoms with Gasteiger partial charge in [0.1, 0.15) is 0 Å². The molecule has 0 aliphatic rings. The smallest absolute Gasteiger partial charge is 0.341 e. The van der Waals surface area contributed by atoms with Crippen LogP contribution in [0.4, 0.5) is 5.95 Å². The van der Waals surface area contributed by atoms with Crippen LogP contribution in [0.25, 0.3) is 5.82 Å². The zero-order valence-electron chi connectivity index (χ0n) is 11.1. The molecule has 0 saturated heterocycles. The van der Waals surface area contributed by atoms with Crippen LogP contribution < -0.4 is 4.90 Å². The Bertz CT molecular complexity index is 579. The van der Waals surface area contributed by atoms with Crippen LogP contribution in [0.5, 0.6) is 0 Å². The Morgan fingerprint density at radius 2 is 2.26 bits per heavy atom. The third-order valence-corrected chi connectivity index (χ3v) is 2.36. The fraction of sp³-hybridized carbons (Fsp3) is 0.333. The van der Waals surface area contributed by atoms with Gasteiger partial charge in [-0.2, -0.15) is 10.1 Å². The maximum Gasteiger partial charge on any atom is 0.341 e. The number of hydrogen-bond donors (Lipinski definition) is 0. The minimum atomic E-state index is -0.393. The molecule has 0 aromatic carbocycles. The third-order valence-electron chi connectivity index (χ3n) is 2.36. The minimum absolute atomic E-state index is 0.336. The van der Waals surface area contributed by atoms with E-state index in [0.29, 0.717) is 23.9 Å². The second-order valence-electron chi connectivity index (χ2n) is 4.00. The van der Waals surface area contributed by atoms with Crippen LogP contribution in [0.15, 0.2) is 24.7 Å². The van der Waals surface area contributed by atoms with Crippen molar-refractivity contribution in [3.05, 3.63) is 30.2 Å². The number of esters is 1. The van der Waals surface area contributed by atoms with Crippen LogP contribution >= 0.6 is 0 Å². The second-order valence-corrected chi connectivity index (χ2v) is 4.00. The summed E-state index contributed by atoms with van der Waals surface area (Å²) in [5.74, 6) is 0.774. The van der Waals surface area contributed by atoms with Gasteiger partial charge in [-0.15, -0.1) is 0 Å². The van der Waals surface area contributed by atoms with Crippen molar-refractivity contribution >= 4 is 11.9 Å². The van der Waals surface area contributed by atoms with Crippen LogP contribution in [0, 0.1) is 0 Å². The molecule has 0 bridgehead atoms. The summed E-state index contributed by atoms with van der Waals surface area (Å²) in [6.45, 7) is 2.10. The molecule has 0 aliphatic carbocycles. The molecular weight excluding hydrogens is 246 g/mol. The Hall–Kier alpha value is -2.44. The number of aromatic nitrogens is 4. The summed E-state index contributed by atoms with van der Waals surface area (Å²) < 4.78 is 6.42. The highest BCUT2D eigenvalue weighted by Gasteiger charge is 2.11. The average molecular weight is 261 g/mol. The van der Waals surface area contributed by atoms with Gasteiger partial charge >= 0.3 is 5.97 Å². The zero-order valence-corrected chi connectivity index (χ0v) is 11.1. The lowest BCUT2D eigenvalue weighted by molar-refractivity contribution is 0.0526. The van der Waals surface area contributed by atoms with Gasteiger partial charge in [0.15, 0.2) is 5.82 Å². The van der Waals surface area contributed by atoms with E-state index >= 15 is 0 Å². The molecule has 0 spiro atoms. The highest BCUT2D eigenvalue weighted by molar-refractivity contribution is 5.88. The molecule has 2 aromatic rings. The molecule has 0 fully saturated rings. The van der Waals surface area contributed by atoms with Crippen molar-refractivity contribution in [3.63, 3.8) is 0 Å².